The zero-order valence-corrected chi connectivity index (χ0v) is 33.9. The Hall–Kier alpha value is -8.61. The van der Waals surface area contributed by atoms with Crippen LogP contribution in [-0.4, -0.2) is 15.0 Å². The summed E-state index contributed by atoms with van der Waals surface area (Å²) >= 11 is 0. The lowest BCUT2D eigenvalue weighted by atomic mass is 10.0. The number of fused-ring (bicyclic) bond motifs is 6. The molecule has 0 fully saturated rings. The third-order valence-electron chi connectivity index (χ3n) is 11.7. The second kappa shape index (κ2) is 15.1. The van der Waals surface area contributed by atoms with Crippen molar-refractivity contribution in [3.05, 3.63) is 218 Å². The fourth-order valence-corrected chi connectivity index (χ4v) is 8.70. The minimum Gasteiger partial charge on any atom is -0.456 e. The Labute approximate surface area is 363 Å². The molecule has 6 heteroatoms. The highest BCUT2D eigenvalue weighted by Crippen LogP contribution is 2.46. The summed E-state index contributed by atoms with van der Waals surface area (Å²) in [5.74, 6) is 1.58. The first-order chi connectivity index (χ1) is 31.2. The fraction of sp³-hybridized carbons (Fsp3) is 0. The van der Waals surface area contributed by atoms with E-state index in [1.807, 2.05) is 84.9 Å². The first kappa shape index (κ1) is 36.3. The van der Waals surface area contributed by atoms with Gasteiger partial charge < -0.3 is 13.7 Å². The van der Waals surface area contributed by atoms with Crippen LogP contribution in [0.4, 0.5) is 17.1 Å². The van der Waals surface area contributed by atoms with E-state index in [1.54, 1.807) is 0 Å². The molecule has 0 aliphatic heterocycles. The van der Waals surface area contributed by atoms with Gasteiger partial charge in [-0.15, -0.1) is 0 Å². The van der Waals surface area contributed by atoms with Crippen molar-refractivity contribution in [1.29, 1.82) is 0 Å². The molecule has 9 aromatic carbocycles. The molecule has 12 rings (SSSR count). The summed E-state index contributed by atoms with van der Waals surface area (Å²) in [6.45, 7) is 0. The van der Waals surface area contributed by atoms with Gasteiger partial charge in [-0.25, -0.2) is 15.0 Å². The number of hydrogen-bond acceptors (Lipinski definition) is 6. The van der Waals surface area contributed by atoms with Crippen LogP contribution in [0.1, 0.15) is 0 Å². The predicted molar refractivity (Wildman–Crippen MR) is 256 cm³/mol. The predicted octanol–water partition coefficient (Wildman–Crippen LogP) is 15.5. The van der Waals surface area contributed by atoms with Crippen LogP contribution >= 0.6 is 0 Å². The average Bonchev–Trinajstić information content (AvgIpc) is 3.94. The molecule has 3 heterocycles. The van der Waals surface area contributed by atoms with E-state index < -0.39 is 0 Å². The molecule has 0 unspecified atom stereocenters. The summed E-state index contributed by atoms with van der Waals surface area (Å²) in [6, 6.07) is 75.2. The maximum absolute atomic E-state index is 6.74. The maximum atomic E-state index is 6.74. The number of benzene rings is 9. The maximum Gasteiger partial charge on any atom is 0.167 e. The van der Waals surface area contributed by atoms with Crippen LogP contribution in [0.5, 0.6) is 0 Å². The molecule has 0 radical (unpaired) electrons. The summed E-state index contributed by atoms with van der Waals surface area (Å²) < 4.78 is 13.3. The van der Waals surface area contributed by atoms with E-state index in [4.69, 9.17) is 23.8 Å². The zero-order chi connectivity index (χ0) is 41.7. The Morgan fingerprint density at radius 1 is 0.317 bits per heavy atom. The van der Waals surface area contributed by atoms with Crippen molar-refractivity contribution < 1.29 is 8.83 Å². The van der Waals surface area contributed by atoms with Gasteiger partial charge in [0.2, 0.25) is 0 Å². The standard InChI is InChI=1S/C57H36N4O2/c1-4-15-37(16-5-1)39-27-31-43(32-28-39)61(44-33-29-40(30-34-44)38-17-6-2-7-18-38)49-35-42(36-52-53(49)47-22-11-13-26-51(47)62-52)56-58-55(41-19-8-3-9-20-41)59-57(60-56)48-24-14-23-46-45-21-10-12-25-50(45)63-54(46)48/h1-36H. The fourth-order valence-electron chi connectivity index (χ4n) is 8.70. The SMILES string of the molecule is c1ccc(-c2ccc(N(c3ccc(-c4ccccc4)cc3)c3cc(-c4nc(-c5ccccc5)nc(-c5cccc6c5oc5ccccc56)n4)cc4oc5ccccc5c34)cc2)cc1. The van der Waals surface area contributed by atoms with Gasteiger partial charge in [-0.2, -0.15) is 0 Å². The van der Waals surface area contributed by atoms with Crippen molar-refractivity contribution in [2.24, 2.45) is 0 Å². The van der Waals surface area contributed by atoms with Crippen LogP contribution < -0.4 is 4.90 Å². The summed E-state index contributed by atoms with van der Waals surface area (Å²) in [5, 5.41) is 4.04. The van der Waals surface area contributed by atoms with Crippen LogP contribution in [0.2, 0.25) is 0 Å². The highest BCUT2D eigenvalue weighted by atomic mass is 16.3. The van der Waals surface area contributed by atoms with Gasteiger partial charge in [0.1, 0.15) is 22.3 Å². The number of anilines is 3. The van der Waals surface area contributed by atoms with E-state index in [1.165, 1.54) is 0 Å². The molecule has 0 saturated carbocycles. The molecule has 296 valence electrons. The summed E-state index contributed by atoms with van der Waals surface area (Å²) in [4.78, 5) is 17.9. The smallest absolute Gasteiger partial charge is 0.167 e. The average molecular weight is 809 g/mol. The Bertz CT molecular complexity index is 3520. The minimum atomic E-state index is 0.509. The lowest BCUT2D eigenvalue weighted by molar-refractivity contribution is 0.668. The van der Waals surface area contributed by atoms with E-state index in [2.05, 4.69) is 138 Å². The highest BCUT2D eigenvalue weighted by molar-refractivity contribution is 6.15. The molecule has 0 amide bonds. The second-order valence-electron chi connectivity index (χ2n) is 15.6. The number of hydrogen-bond donors (Lipinski definition) is 0. The van der Waals surface area contributed by atoms with Gasteiger partial charge in [0.25, 0.3) is 0 Å². The van der Waals surface area contributed by atoms with Gasteiger partial charge in [-0.3, -0.25) is 0 Å². The Kier molecular flexibility index (Phi) is 8.71. The van der Waals surface area contributed by atoms with Crippen molar-refractivity contribution >= 4 is 60.9 Å². The molecule has 0 aliphatic rings. The van der Waals surface area contributed by atoms with Crippen LogP contribution in [0.3, 0.4) is 0 Å². The van der Waals surface area contributed by atoms with Gasteiger partial charge in [0, 0.05) is 38.7 Å². The molecule has 0 saturated heterocycles. The van der Waals surface area contributed by atoms with Crippen LogP contribution in [-0.2, 0) is 0 Å². The lowest BCUT2D eigenvalue weighted by Crippen LogP contribution is -2.11. The second-order valence-corrected chi connectivity index (χ2v) is 15.6. The van der Waals surface area contributed by atoms with E-state index in [-0.39, 0.29) is 0 Å². The Morgan fingerprint density at radius 2 is 0.794 bits per heavy atom. The lowest BCUT2D eigenvalue weighted by Gasteiger charge is -2.27. The van der Waals surface area contributed by atoms with Gasteiger partial charge in [0.05, 0.1) is 16.6 Å². The highest BCUT2D eigenvalue weighted by Gasteiger charge is 2.24. The van der Waals surface area contributed by atoms with Crippen LogP contribution in [0, 0.1) is 0 Å². The van der Waals surface area contributed by atoms with Gasteiger partial charge in [-0.1, -0.05) is 164 Å². The van der Waals surface area contributed by atoms with E-state index in [0.29, 0.717) is 17.5 Å². The van der Waals surface area contributed by atoms with E-state index in [9.17, 15) is 0 Å². The van der Waals surface area contributed by atoms with Crippen molar-refractivity contribution in [2.45, 2.75) is 0 Å². The number of nitrogens with zero attached hydrogens (tertiary/aromatic N) is 4. The Balaban J connectivity index is 1.10. The topological polar surface area (TPSA) is 68.2 Å². The molecular formula is C57H36N4O2. The molecule has 0 aliphatic carbocycles. The molecule has 0 atom stereocenters. The molecule has 63 heavy (non-hydrogen) atoms. The molecule has 12 aromatic rings. The number of furan rings is 2. The van der Waals surface area contributed by atoms with Crippen molar-refractivity contribution in [2.75, 3.05) is 4.90 Å². The summed E-state index contributed by atoms with van der Waals surface area (Å²) in [5.41, 5.74) is 13.0. The monoisotopic (exact) mass is 808 g/mol. The first-order valence-corrected chi connectivity index (χ1v) is 21.0. The van der Waals surface area contributed by atoms with Crippen LogP contribution in [0.25, 0.3) is 100 Å². The van der Waals surface area contributed by atoms with Crippen molar-refractivity contribution in [3.8, 4) is 56.4 Å². The third-order valence-corrected chi connectivity index (χ3v) is 11.7. The summed E-state index contributed by atoms with van der Waals surface area (Å²) in [7, 11) is 0. The minimum absolute atomic E-state index is 0.509. The van der Waals surface area contributed by atoms with Crippen molar-refractivity contribution in [1.82, 2.24) is 15.0 Å². The van der Waals surface area contributed by atoms with E-state index >= 15 is 0 Å². The quantitative estimate of drug-likeness (QED) is 0.152. The van der Waals surface area contributed by atoms with Gasteiger partial charge in [0.15, 0.2) is 17.5 Å². The number of para-hydroxylation sites is 3. The molecule has 0 spiro atoms. The molecule has 0 N–H and O–H groups in total. The van der Waals surface area contributed by atoms with Crippen LogP contribution in [0.15, 0.2) is 227 Å². The normalized spacial score (nSPS) is 11.5. The molecule has 0 bridgehead atoms. The van der Waals surface area contributed by atoms with E-state index in [0.717, 1.165) is 99.9 Å². The summed E-state index contributed by atoms with van der Waals surface area (Å²) in [6.07, 6.45) is 0. The van der Waals surface area contributed by atoms with Gasteiger partial charge in [-0.05, 0) is 76.9 Å². The van der Waals surface area contributed by atoms with Gasteiger partial charge >= 0.3 is 0 Å². The molecule has 6 nitrogen and oxygen atoms in total. The Morgan fingerprint density at radius 3 is 1.41 bits per heavy atom. The van der Waals surface area contributed by atoms with Crippen molar-refractivity contribution in [3.63, 3.8) is 0 Å². The third kappa shape index (κ3) is 6.49. The largest absolute Gasteiger partial charge is 0.456 e. The molecular weight excluding hydrogens is 773 g/mol. The molecule has 3 aromatic heterocycles. The first-order valence-electron chi connectivity index (χ1n) is 21.0. The zero-order valence-electron chi connectivity index (χ0n) is 33.9. The number of aromatic nitrogens is 3. The number of rotatable bonds is 8.